The highest BCUT2D eigenvalue weighted by Gasteiger charge is 2.06. The number of hydrogen-bond acceptors (Lipinski definition) is 3. The molecule has 0 radical (unpaired) electrons. The Morgan fingerprint density at radius 3 is 2.00 bits per heavy atom. The third-order valence-electron chi connectivity index (χ3n) is 4.24. The van der Waals surface area contributed by atoms with Gasteiger partial charge in [-0.2, -0.15) is 0 Å². The maximum Gasteiger partial charge on any atom is 0.251 e. The second kappa shape index (κ2) is 9.73. The minimum absolute atomic E-state index is 0.133. The van der Waals surface area contributed by atoms with Crippen molar-refractivity contribution in [2.45, 2.75) is 33.9 Å². The van der Waals surface area contributed by atoms with Crippen molar-refractivity contribution in [3.05, 3.63) is 65.2 Å². The van der Waals surface area contributed by atoms with Crippen LogP contribution in [0.2, 0.25) is 0 Å². The minimum atomic E-state index is -0.133. The number of carbonyl (C=O) groups is 2. The Balaban J connectivity index is 1.87. The van der Waals surface area contributed by atoms with E-state index in [1.165, 1.54) is 12.5 Å². The van der Waals surface area contributed by atoms with E-state index in [0.29, 0.717) is 17.8 Å². The second-order valence-electron chi connectivity index (χ2n) is 6.22. The van der Waals surface area contributed by atoms with Crippen molar-refractivity contribution in [1.29, 1.82) is 0 Å². The summed E-state index contributed by atoms with van der Waals surface area (Å²) in [6.45, 7) is 9.28. The molecule has 138 valence electrons. The number of nitrogens with zero attached hydrogens (tertiary/aromatic N) is 1. The maximum atomic E-state index is 12.2. The number of carbonyl (C=O) groups excluding carboxylic acids is 2. The number of nitrogens with one attached hydrogen (secondary N) is 2. The molecule has 0 aliphatic carbocycles. The Kier molecular flexibility index (Phi) is 7.36. The average Bonchev–Trinajstić information content (AvgIpc) is 2.65. The summed E-state index contributed by atoms with van der Waals surface area (Å²) < 4.78 is 0. The van der Waals surface area contributed by atoms with Crippen molar-refractivity contribution < 1.29 is 9.59 Å². The Labute approximate surface area is 155 Å². The van der Waals surface area contributed by atoms with Gasteiger partial charge in [0.05, 0.1) is 0 Å². The predicted molar refractivity (Wildman–Crippen MR) is 105 cm³/mol. The van der Waals surface area contributed by atoms with Crippen molar-refractivity contribution in [3.8, 4) is 0 Å². The smallest absolute Gasteiger partial charge is 0.251 e. The number of amides is 2. The first-order chi connectivity index (χ1) is 12.5. The third kappa shape index (κ3) is 6.01. The van der Waals surface area contributed by atoms with Gasteiger partial charge < -0.3 is 10.6 Å². The van der Waals surface area contributed by atoms with Crippen LogP contribution in [0.3, 0.4) is 0 Å². The van der Waals surface area contributed by atoms with Crippen molar-refractivity contribution in [2.24, 2.45) is 0 Å². The van der Waals surface area contributed by atoms with Crippen LogP contribution in [0.1, 0.15) is 42.3 Å². The van der Waals surface area contributed by atoms with Gasteiger partial charge in [-0.15, -0.1) is 0 Å². The van der Waals surface area contributed by atoms with Gasteiger partial charge in [0.15, 0.2) is 0 Å². The fourth-order valence-corrected chi connectivity index (χ4v) is 2.66. The van der Waals surface area contributed by atoms with Crippen LogP contribution in [0, 0.1) is 0 Å². The lowest BCUT2D eigenvalue weighted by atomic mass is 10.1. The van der Waals surface area contributed by atoms with Crippen LogP contribution >= 0.6 is 0 Å². The predicted octanol–water partition coefficient (Wildman–Crippen LogP) is 3.42. The Hall–Kier alpha value is -2.66. The summed E-state index contributed by atoms with van der Waals surface area (Å²) in [7, 11) is 0. The molecule has 26 heavy (non-hydrogen) atoms. The van der Waals surface area contributed by atoms with Gasteiger partial charge in [0.25, 0.3) is 5.91 Å². The van der Waals surface area contributed by atoms with E-state index >= 15 is 0 Å². The number of benzene rings is 2. The first kappa shape index (κ1) is 19.7. The molecular formula is C21H27N3O2. The van der Waals surface area contributed by atoms with Crippen LogP contribution in [-0.2, 0) is 17.9 Å². The average molecular weight is 353 g/mol. The van der Waals surface area contributed by atoms with Crippen molar-refractivity contribution >= 4 is 17.5 Å². The zero-order valence-corrected chi connectivity index (χ0v) is 15.7. The molecule has 0 bridgehead atoms. The zero-order valence-electron chi connectivity index (χ0n) is 15.7. The van der Waals surface area contributed by atoms with E-state index in [-0.39, 0.29) is 11.8 Å². The molecule has 0 unspecified atom stereocenters. The lowest BCUT2D eigenvalue weighted by molar-refractivity contribution is -0.114. The van der Waals surface area contributed by atoms with Gasteiger partial charge in [-0.1, -0.05) is 38.1 Å². The van der Waals surface area contributed by atoms with E-state index in [9.17, 15) is 9.59 Å². The first-order valence-electron chi connectivity index (χ1n) is 8.97. The molecule has 0 fully saturated rings. The third-order valence-corrected chi connectivity index (χ3v) is 4.24. The molecule has 2 N–H and O–H groups in total. The van der Waals surface area contributed by atoms with Crippen molar-refractivity contribution in [2.75, 3.05) is 18.4 Å². The summed E-state index contributed by atoms with van der Waals surface area (Å²) in [5, 5.41) is 5.60. The number of hydrogen-bond donors (Lipinski definition) is 2. The van der Waals surface area contributed by atoms with Crippen LogP contribution in [0.25, 0.3) is 0 Å². The summed E-state index contributed by atoms with van der Waals surface area (Å²) in [5.74, 6) is -0.266. The number of rotatable bonds is 8. The van der Waals surface area contributed by atoms with Gasteiger partial charge in [0.2, 0.25) is 5.91 Å². The summed E-state index contributed by atoms with van der Waals surface area (Å²) in [6, 6.07) is 15.2. The minimum Gasteiger partial charge on any atom is -0.348 e. The molecule has 2 amide bonds. The van der Waals surface area contributed by atoms with E-state index in [1.54, 1.807) is 24.3 Å². The summed E-state index contributed by atoms with van der Waals surface area (Å²) >= 11 is 0. The van der Waals surface area contributed by atoms with Gasteiger partial charge >= 0.3 is 0 Å². The molecule has 0 atom stereocenters. The normalized spacial score (nSPS) is 10.6. The lowest BCUT2D eigenvalue weighted by Gasteiger charge is -2.18. The fourth-order valence-electron chi connectivity index (χ4n) is 2.66. The van der Waals surface area contributed by atoms with Gasteiger partial charge in [-0.3, -0.25) is 14.5 Å². The topological polar surface area (TPSA) is 61.4 Å². The van der Waals surface area contributed by atoms with E-state index < -0.39 is 0 Å². The highest BCUT2D eigenvalue weighted by molar-refractivity contribution is 5.95. The van der Waals surface area contributed by atoms with Gasteiger partial charge in [0, 0.05) is 31.3 Å². The zero-order chi connectivity index (χ0) is 18.9. The van der Waals surface area contributed by atoms with Gasteiger partial charge in [0.1, 0.15) is 0 Å². The second-order valence-corrected chi connectivity index (χ2v) is 6.22. The van der Waals surface area contributed by atoms with Crippen molar-refractivity contribution in [1.82, 2.24) is 10.2 Å². The molecule has 0 aliphatic rings. The van der Waals surface area contributed by atoms with Crippen LogP contribution in [-0.4, -0.2) is 29.8 Å². The van der Waals surface area contributed by atoms with Crippen LogP contribution in [0.15, 0.2) is 48.5 Å². The molecule has 2 rings (SSSR count). The van der Waals surface area contributed by atoms with Crippen LogP contribution in [0.4, 0.5) is 5.69 Å². The Bertz CT molecular complexity index is 720. The molecule has 0 saturated carbocycles. The molecule has 0 aliphatic heterocycles. The number of anilines is 1. The largest absolute Gasteiger partial charge is 0.348 e. The first-order valence-corrected chi connectivity index (χ1v) is 8.97. The molecule has 0 spiro atoms. The molecule has 5 nitrogen and oxygen atoms in total. The van der Waals surface area contributed by atoms with Crippen LogP contribution < -0.4 is 10.6 Å². The molecular weight excluding hydrogens is 326 g/mol. The SMILES string of the molecule is CCN(CC)Cc1ccc(CNC(=O)c2ccc(NC(C)=O)cc2)cc1. The summed E-state index contributed by atoms with van der Waals surface area (Å²) in [4.78, 5) is 25.6. The van der Waals surface area contributed by atoms with Gasteiger partial charge in [-0.25, -0.2) is 0 Å². The van der Waals surface area contributed by atoms with Gasteiger partial charge in [-0.05, 0) is 48.5 Å². The molecule has 2 aromatic carbocycles. The highest BCUT2D eigenvalue weighted by atomic mass is 16.2. The van der Waals surface area contributed by atoms with E-state index in [0.717, 1.165) is 25.2 Å². The fraction of sp³-hybridized carbons (Fsp3) is 0.333. The van der Waals surface area contributed by atoms with E-state index in [2.05, 4.69) is 53.6 Å². The molecule has 0 saturated heterocycles. The van der Waals surface area contributed by atoms with Crippen molar-refractivity contribution in [3.63, 3.8) is 0 Å². The van der Waals surface area contributed by atoms with Crippen LogP contribution in [0.5, 0.6) is 0 Å². The Morgan fingerprint density at radius 2 is 1.46 bits per heavy atom. The lowest BCUT2D eigenvalue weighted by Crippen LogP contribution is -2.23. The van der Waals surface area contributed by atoms with E-state index in [1.807, 2.05) is 0 Å². The Morgan fingerprint density at radius 1 is 0.885 bits per heavy atom. The molecule has 0 heterocycles. The standard InChI is InChI=1S/C21H27N3O2/c1-4-24(5-2)15-18-8-6-17(7-9-18)14-22-21(26)19-10-12-20(13-11-19)23-16(3)25/h6-13H,4-5,14-15H2,1-3H3,(H,22,26)(H,23,25). The molecule has 0 aromatic heterocycles. The quantitative estimate of drug-likeness (QED) is 0.764. The van der Waals surface area contributed by atoms with E-state index in [4.69, 9.17) is 0 Å². The molecule has 2 aromatic rings. The molecule has 5 heteroatoms. The monoisotopic (exact) mass is 353 g/mol. The maximum absolute atomic E-state index is 12.2. The summed E-state index contributed by atoms with van der Waals surface area (Å²) in [5.41, 5.74) is 3.59. The highest BCUT2D eigenvalue weighted by Crippen LogP contribution is 2.11. The summed E-state index contributed by atoms with van der Waals surface area (Å²) in [6.07, 6.45) is 0.